The van der Waals surface area contributed by atoms with E-state index in [1.165, 1.54) is 22.2 Å². The number of aryl methyl sites for hydroxylation is 1. The number of hydrogen-bond donors (Lipinski definition) is 1. The number of nitrogens with one attached hydrogen (secondary N) is 1. The van der Waals surface area contributed by atoms with Crippen molar-refractivity contribution in [1.29, 1.82) is 0 Å². The molecule has 0 aliphatic carbocycles. The largest absolute Gasteiger partial charge is 0.337 e. The molecule has 0 radical (unpaired) electrons. The number of carbonyl (C=O) groups is 1. The minimum atomic E-state index is -0.0894. The van der Waals surface area contributed by atoms with E-state index in [0.717, 1.165) is 46.5 Å². The fourth-order valence-corrected chi connectivity index (χ4v) is 6.41. The lowest BCUT2D eigenvalue weighted by molar-refractivity contribution is -0.129. The summed E-state index contributed by atoms with van der Waals surface area (Å²) in [5.74, 6) is 0.915. The Morgan fingerprint density at radius 3 is 3.07 bits per heavy atom. The van der Waals surface area contributed by atoms with Crippen LogP contribution in [0.25, 0.3) is 10.2 Å². The fraction of sp³-hybridized carbons (Fsp3) is 0.476. The van der Waals surface area contributed by atoms with E-state index in [4.69, 9.17) is 0 Å². The highest BCUT2D eigenvalue weighted by molar-refractivity contribution is 7.99. The summed E-state index contributed by atoms with van der Waals surface area (Å²) in [7, 11) is 0. The predicted octanol–water partition coefficient (Wildman–Crippen LogP) is 4.62. The average Bonchev–Trinajstić information content (AvgIpc) is 3.29. The maximum atomic E-state index is 12.8. The van der Waals surface area contributed by atoms with Crippen LogP contribution in [0, 0.1) is 12.8 Å². The van der Waals surface area contributed by atoms with Crippen LogP contribution in [-0.2, 0) is 24.2 Å². The Labute approximate surface area is 182 Å². The Hall–Kier alpha value is -1.64. The number of aromatic nitrogens is 2. The standard InChI is InChI=1S/C21H25N3O2S3/c1-4-12(2)9-15-13(3)29-20-18(15)19(26)22-21(23-20)28-11-17(25)24-7-5-16-14(10-24)6-8-27-16/h6,8,12H,4-5,7,9-11H2,1-3H3,(H,22,23,26). The molecule has 3 aromatic rings. The summed E-state index contributed by atoms with van der Waals surface area (Å²) in [6.45, 7) is 7.89. The fourth-order valence-electron chi connectivity index (χ4n) is 3.65. The summed E-state index contributed by atoms with van der Waals surface area (Å²) in [5.41, 5.74) is 2.30. The molecule has 29 heavy (non-hydrogen) atoms. The monoisotopic (exact) mass is 447 g/mol. The third-order valence-corrected chi connectivity index (χ3v) is 8.51. The van der Waals surface area contributed by atoms with E-state index in [-0.39, 0.29) is 17.2 Å². The number of nitrogens with zero attached hydrogens (tertiary/aromatic N) is 2. The number of H-pyrrole nitrogens is 1. The van der Waals surface area contributed by atoms with Crippen LogP contribution < -0.4 is 5.56 Å². The van der Waals surface area contributed by atoms with Crippen molar-refractivity contribution < 1.29 is 4.79 Å². The lowest BCUT2D eigenvalue weighted by Gasteiger charge is -2.26. The lowest BCUT2D eigenvalue weighted by atomic mass is 9.98. The first-order valence-corrected chi connectivity index (χ1v) is 12.6. The maximum absolute atomic E-state index is 12.8. The van der Waals surface area contributed by atoms with Crippen molar-refractivity contribution in [2.75, 3.05) is 12.3 Å². The number of aromatic amines is 1. The first-order valence-electron chi connectivity index (χ1n) is 9.94. The van der Waals surface area contributed by atoms with Gasteiger partial charge in [-0.25, -0.2) is 4.98 Å². The van der Waals surface area contributed by atoms with E-state index < -0.39 is 0 Å². The van der Waals surface area contributed by atoms with Gasteiger partial charge in [0, 0.05) is 22.8 Å². The van der Waals surface area contributed by atoms with Crippen LogP contribution in [-0.4, -0.2) is 33.1 Å². The molecule has 0 bridgehead atoms. The van der Waals surface area contributed by atoms with Crippen molar-refractivity contribution in [1.82, 2.24) is 14.9 Å². The summed E-state index contributed by atoms with van der Waals surface area (Å²) in [5, 5.41) is 3.35. The molecule has 1 N–H and O–H groups in total. The highest BCUT2D eigenvalue weighted by atomic mass is 32.2. The Kier molecular flexibility index (Phi) is 6.13. The van der Waals surface area contributed by atoms with Gasteiger partial charge in [-0.2, -0.15) is 0 Å². The molecule has 4 rings (SSSR count). The zero-order valence-electron chi connectivity index (χ0n) is 16.9. The molecule has 0 saturated carbocycles. The van der Waals surface area contributed by atoms with Gasteiger partial charge in [-0.05, 0) is 48.3 Å². The second-order valence-corrected chi connectivity index (χ2v) is 10.8. The second-order valence-electron chi connectivity index (χ2n) is 7.63. The van der Waals surface area contributed by atoms with Crippen LogP contribution in [0.1, 0.15) is 41.1 Å². The molecule has 154 valence electrons. The number of amides is 1. The molecule has 0 saturated heterocycles. The Bertz CT molecular complexity index is 1100. The van der Waals surface area contributed by atoms with Gasteiger partial charge in [-0.3, -0.25) is 9.59 Å². The van der Waals surface area contributed by atoms with E-state index in [1.54, 1.807) is 22.7 Å². The van der Waals surface area contributed by atoms with E-state index in [9.17, 15) is 9.59 Å². The predicted molar refractivity (Wildman–Crippen MR) is 122 cm³/mol. The van der Waals surface area contributed by atoms with Crippen molar-refractivity contribution in [3.8, 4) is 0 Å². The first-order chi connectivity index (χ1) is 14.0. The smallest absolute Gasteiger partial charge is 0.260 e. The topological polar surface area (TPSA) is 66.1 Å². The van der Waals surface area contributed by atoms with E-state index >= 15 is 0 Å². The van der Waals surface area contributed by atoms with Crippen LogP contribution in [0.4, 0.5) is 0 Å². The molecule has 5 nitrogen and oxygen atoms in total. The van der Waals surface area contributed by atoms with E-state index in [0.29, 0.717) is 17.6 Å². The summed E-state index contributed by atoms with van der Waals surface area (Å²) >= 11 is 4.66. The molecular formula is C21H25N3O2S3. The Morgan fingerprint density at radius 1 is 1.45 bits per heavy atom. The van der Waals surface area contributed by atoms with Crippen molar-refractivity contribution in [2.24, 2.45) is 5.92 Å². The van der Waals surface area contributed by atoms with Gasteiger partial charge in [-0.1, -0.05) is 32.0 Å². The van der Waals surface area contributed by atoms with Gasteiger partial charge in [0.25, 0.3) is 5.56 Å². The third kappa shape index (κ3) is 4.29. The van der Waals surface area contributed by atoms with Crippen LogP contribution in [0.15, 0.2) is 21.4 Å². The molecule has 8 heteroatoms. The van der Waals surface area contributed by atoms with Crippen LogP contribution >= 0.6 is 34.4 Å². The molecule has 3 aromatic heterocycles. The molecule has 0 aromatic carbocycles. The SMILES string of the molecule is CCC(C)Cc1c(C)sc2nc(SCC(=O)N3CCc4sccc4C3)[nH]c(=O)c12. The normalized spacial score (nSPS) is 14.9. The van der Waals surface area contributed by atoms with Gasteiger partial charge < -0.3 is 9.88 Å². The number of hydrogen-bond acceptors (Lipinski definition) is 6. The zero-order valence-corrected chi connectivity index (χ0v) is 19.4. The first kappa shape index (κ1) is 20.6. The van der Waals surface area contributed by atoms with Gasteiger partial charge in [0.05, 0.1) is 11.1 Å². The summed E-state index contributed by atoms with van der Waals surface area (Å²) in [4.78, 5) is 38.2. The molecule has 4 heterocycles. The van der Waals surface area contributed by atoms with Crippen LogP contribution in [0.5, 0.6) is 0 Å². The lowest BCUT2D eigenvalue weighted by Crippen LogP contribution is -2.36. The minimum absolute atomic E-state index is 0.0894. The van der Waals surface area contributed by atoms with E-state index in [1.807, 2.05) is 4.90 Å². The number of thioether (sulfide) groups is 1. The summed E-state index contributed by atoms with van der Waals surface area (Å²) in [6, 6.07) is 2.11. The Balaban J connectivity index is 1.47. The zero-order chi connectivity index (χ0) is 20.5. The molecule has 1 unspecified atom stereocenters. The molecule has 0 fully saturated rings. The quantitative estimate of drug-likeness (QED) is 0.442. The molecule has 1 amide bonds. The highest BCUT2D eigenvalue weighted by Gasteiger charge is 2.22. The van der Waals surface area contributed by atoms with Crippen molar-refractivity contribution in [3.63, 3.8) is 0 Å². The van der Waals surface area contributed by atoms with Gasteiger partial charge in [0.2, 0.25) is 5.91 Å². The molecule has 1 aliphatic heterocycles. The number of rotatable bonds is 6. The van der Waals surface area contributed by atoms with Gasteiger partial charge >= 0.3 is 0 Å². The second kappa shape index (κ2) is 8.62. The summed E-state index contributed by atoms with van der Waals surface area (Å²) < 4.78 is 0. The molecule has 0 spiro atoms. The average molecular weight is 448 g/mol. The summed E-state index contributed by atoms with van der Waals surface area (Å²) in [6.07, 6.45) is 2.91. The van der Waals surface area contributed by atoms with Crippen molar-refractivity contribution in [2.45, 2.75) is 51.7 Å². The molecular weight excluding hydrogens is 422 g/mol. The molecule has 1 atom stereocenters. The number of thiophene rings is 2. The van der Waals surface area contributed by atoms with Gasteiger partial charge in [0.15, 0.2) is 5.16 Å². The Morgan fingerprint density at radius 2 is 2.28 bits per heavy atom. The van der Waals surface area contributed by atoms with Crippen molar-refractivity contribution in [3.05, 3.63) is 42.7 Å². The molecule has 1 aliphatic rings. The van der Waals surface area contributed by atoms with E-state index in [2.05, 4.69) is 42.2 Å². The highest BCUT2D eigenvalue weighted by Crippen LogP contribution is 2.31. The van der Waals surface area contributed by atoms with Gasteiger partial charge in [0.1, 0.15) is 4.83 Å². The minimum Gasteiger partial charge on any atom is -0.337 e. The third-order valence-electron chi connectivity index (χ3n) is 5.58. The number of fused-ring (bicyclic) bond motifs is 2. The van der Waals surface area contributed by atoms with Gasteiger partial charge in [-0.15, -0.1) is 22.7 Å². The van der Waals surface area contributed by atoms with Crippen LogP contribution in [0.3, 0.4) is 0 Å². The number of carbonyl (C=O) groups excluding carboxylic acids is 1. The maximum Gasteiger partial charge on any atom is 0.260 e. The van der Waals surface area contributed by atoms with Crippen molar-refractivity contribution >= 4 is 50.6 Å². The van der Waals surface area contributed by atoms with Crippen LogP contribution in [0.2, 0.25) is 0 Å².